The van der Waals surface area contributed by atoms with E-state index in [9.17, 15) is 0 Å². The van der Waals surface area contributed by atoms with Crippen molar-refractivity contribution in [3.8, 4) is 11.5 Å². The van der Waals surface area contributed by atoms with Crippen LogP contribution in [0.4, 0.5) is 17.5 Å². The van der Waals surface area contributed by atoms with Gasteiger partial charge in [-0.15, -0.1) is 0 Å². The number of nitrogens with zero attached hydrogens (tertiary/aromatic N) is 3. The van der Waals surface area contributed by atoms with E-state index in [1.807, 2.05) is 60.7 Å². The van der Waals surface area contributed by atoms with Crippen molar-refractivity contribution >= 4 is 28.4 Å². The molecule has 1 aliphatic heterocycles. The minimum absolute atomic E-state index is 0.583. The highest BCUT2D eigenvalue weighted by Gasteiger charge is 2.23. The SMILES string of the molecule is CCCCOc1cccc2c(NCc3ccccc3)nc(N3CCOc4ccccc43)nc12. The van der Waals surface area contributed by atoms with Crippen molar-refractivity contribution in [3.63, 3.8) is 0 Å². The Hall–Kier alpha value is -3.80. The van der Waals surface area contributed by atoms with Crippen LogP contribution in [0.15, 0.2) is 72.8 Å². The van der Waals surface area contributed by atoms with E-state index in [4.69, 9.17) is 19.4 Å². The summed E-state index contributed by atoms with van der Waals surface area (Å²) in [6.45, 7) is 4.77. The average Bonchev–Trinajstić information content (AvgIpc) is 2.88. The second-order valence-electron chi connectivity index (χ2n) is 8.03. The number of ether oxygens (including phenoxy) is 2. The van der Waals surface area contributed by atoms with Gasteiger partial charge in [0.15, 0.2) is 0 Å². The molecule has 6 heteroatoms. The van der Waals surface area contributed by atoms with Gasteiger partial charge >= 0.3 is 0 Å². The number of para-hydroxylation sites is 3. The molecule has 6 nitrogen and oxygen atoms in total. The normalized spacial score (nSPS) is 12.8. The maximum Gasteiger partial charge on any atom is 0.232 e. The van der Waals surface area contributed by atoms with Gasteiger partial charge in [-0.25, -0.2) is 4.98 Å². The third-order valence-corrected chi connectivity index (χ3v) is 5.71. The van der Waals surface area contributed by atoms with E-state index in [-0.39, 0.29) is 0 Å². The summed E-state index contributed by atoms with van der Waals surface area (Å²) >= 11 is 0. The number of rotatable bonds is 8. The molecule has 2 heterocycles. The first-order chi connectivity index (χ1) is 16.3. The van der Waals surface area contributed by atoms with Crippen molar-refractivity contribution in [2.45, 2.75) is 26.3 Å². The molecule has 33 heavy (non-hydrogen) atoms. The summed E-state index contributed by atoms with van der Waals surface area (Å²) in [7, 11) is 0. The van der Waals surface area contributed by atoms with Crippen LogP contribution in [-0.4, -0.2) is 29.7 Å². The Kier molecular flexibility index (Phi) is 6.24. The molecule has 168 valence electrons. The largest absolute Gasteiger partial charge is 0.491 e. The Morgan fingerprint density at radius 1 is 0.970 bits per heavy atom. The summed E-state index contributed by atoms with van der Waals surface area (Å²) in [6, 6.07) is 24.4. The van der Waals surface area contributed by atoms with E-state index >= 15 is 0 Å². The van der Waals surface area contributed by atoms with E-state index in [0.717, 1.165) is 46.7 Å². The number of nitrogens with one attached hydrogen (secondary N) is 1. The second kappa shape index (κ2) is 9.77. The van der Waals surface area contributed by atoms with Crippen LogP contribution in [0.25, 0.3) is 10.9 Å². The predicted molar refractivity (Wildman–Crippen MR) is 133 cm³/mol. The zero-order valence-corrected chi connectivity index (χ0v) is 18.8. The van der Waals surface area contributed by atoms with Gasteiger partial charge in [0, 0.05) is 11.9 Å². The molecule has 3 aromatic carbocycles. The number of unbranched alkanes of at least 4 members (excludes halogenated alkanes) is 1. The summed E-state index contributed by atoms with van der Waals surface area (Å²) in [4.78, 5) is 12.1. The molecular formula is C27H28N4O2. The van der Waals surface area contributed by atoms with Crippen LogP contribution in [0.5, 0.6) is 11.5 Å². The van der Waals surface area contributed by atoms with Crippen LogP contribution >= 0.6 is 0 Å². The quantitative estimate of drug-likeness (QED) is 0.342. The Balaban J connectivity index is 1.58. The summed E-state index contributed by atoms with van der Waals surface area (Å²) < 4.78 is 12.0. The highest BCUT2D eigenvalue weighted by atomic mass is 16.5. The fourth-order valence-electron chi connectivity index (χ4n) is 3.97. The Morgan fingerprint density at radius 2 is 1.82 bits per heavy atom. The molecule has 0 unspecified atom stereocenters. The van der Waals surface area contributed by atoms with Crippen LogP contribution < -0.4 is 19.7 Å². The maximum atomic E-state index is 6.13. The summed E-state index contributed by atoms with van der Waals surface area (Å²) in [6.07, 6.45) is 2.09. The van der Waals surface area contributed by atoms with Crippen molar-refractivity contribution < 1.29 is 9.47 Å². The molecule has 0 amide bonds. The van der Waals surface area contributed by atoms with Crippen LogP contribution in [-0.2, 0) is 6.54 Å². The molecule has 1 aromatic heterocycles. The van der Waals surface area contributed by atoms with E-state index < -0.39 is 0 Å². The minimum atomic E-state index is 0.583. The zero-order chi connectivity index (χ0) is 22.5. The van der Waals surface area contributed by atoms with Crippen molar-refractivity contribution in [2.24, 2.45) is 0 Å². The first-order valence-corrected chi connectivity index (χ1v) is 11.5. The Labute approximate surface area is 194 Å². The van der Waals surface area contributed by atoms with Crippen LogP contribution in [0, 0.1) is 0 Å². The van der Waals surface area contributed by atoms with Gasteiger partial charge in [-0.3, -0.25) is 0 Å². The summed E-state index contributed by atoms with van der Waals surface area (Å²) in [5.41, 5.74) is 2.98. The molecule has 1 aliphatic rings. The Bertz CT molecular complexity index is 1230. The van der Waals surface area contributed by atoms with E-state index in [0.29, 0.717) is 32.3 Å². The lowest BCUT2D eigenvalue weighted by Gasteiger charge is -2.30. The number of hydrogen-bond acceptors (Lipinski definition) is 6. The minimum Gasteiger partial charge on any atom is -0.491 e. The second-order valence-corrected chi connectivity index (χ2v) is 8.03. The lowest BCUT2D eigenvalue weighted by atomic mass is 10.2. The monoisotopic (exact) mass is 440 g/mol. The van der Waals surface area contributed by atoms with Crippen LogP contribution in [0.1, 0.15) is 25.3 Å². The van der Waals surface area contributed by atoms with Crippen LogP contribution in [0.2, 0.25) is 0 Å². The molecule has 0 radical (unpaired) electrons. The highest BCUT2D eigenvalue weighted by Crippen LogP contribution is 2.37. The third-order valence-electron chi connectivity index (χ3n) is 5.71. The predicted octanol–water partition coefficient (Wildman–Crippen LogP) is 5.95. The molecule has 5 rings (SSSR count). The number of anilines is 3. The van der Waals surface area contributed by atoms with E-state index in [1.165, 1.54) is 5.56 Å². The number of benzene rings is 3. The van der Waals surface area contributed by atoms with Gasteiger partial charge in [-0.2, -0.15) is 4.98 Å². The van der Waals surface area contributed by atoms with Gasteiger partial charge in [-0.1, -0.05) is 61.9 Å². The lowest BCUT2D eigenvalue weighted by molar-refractivity contribution is 0.311. The molecule has 0 saturated heterocycles. The van der Waals surface area contributed by atoms with Gasteiger partial charge in [0.05, 0.1) is 18.8 Å². The molecule has 1 N–H and O–H groups in total. The smallest absolute Gasteiger partial charge is 0.232 e. The standard InChI is InChI=1S/C27H28N4O2/c1-2-3-17-32-24-15-9-12-21-25(24)29-27(30-26(21)28-19-20-10-5-4-6-11-20)31-16-18-33-23-14-8-7-13-22(23)31/h4-15H,2-3,16-19H2,1H3,(H,28,29,30). The van der Waals surface area contributed by atoms with Gasteiger partial charge in [0.25, 0.3) is 0 Å². The first kappa shape index (κ1) is 21.1. The van der Waals surface area contributed by atoms with E-state index in [1.54, 1.807) is 0 Å². The van der Waals surface area contributed by atoms with Gasteiger partial charge in [-0.05, 0) is 36.2 Å². The van der Waals surface area contributed by atoms with Gasteiger partial charge < -0.3 is 19.7 Å². The van der Waals surface area contributed by atoms with Gasteiger partial charge in [0.2, 0.25) is 5.95 Å². The molecule has 0 atom stereocenters. The topological polar surface area (TPSA) is 59.5 Å². The van der Waals surface area contributed by atoms with Crippen molar-refractivity contribution in [1.29, 1.82) is 0 Å². The molecule has 0 fully saturated rings. The maximum absolute atomic E-state index is 6.13. The number of hydrogen-bond donors (Lipinski definition) is 1. The van der Waals surface area contributed by atoms with Crippen molar-refractivity contribution in [2.75, 3.05) is 30.0 Å². The lowest BCUT2D eigenvalue weighted by Crippen LogP contribution is -2.30. The van der Waals surface area contributed by atoms with Crippen molar-refractivity contribution in [3.05, 3.63) is 78.4 Å². The molecule has 0 bridgehead atoms. The fraction of sp³-hybridized carbons (Fsp3) is 0.259. The zero-order valence-electron chi connectivity index (χ0n) is 18.8. The summed E-state index contributed by atoms with van der Waals surface area (Å²) in [5, 5.41) is 4.49. The molecular weight excluding hydrogens is 412 g/mol. The summed E-state index contributed by atoms with van der Waals surface area (Å²) in [5.74, 6) is 3.07. The number of aromatic nitrogens is 2. The van der Waals surface area contributed by atoms with Crippen molar-refractivity contribution in [1.82, 2.24) is 9.97 Å². The fourth-order valence-corrected chi connectivity index (χ4v) is 3.97. The van der Waals surface area contributed by atoms with E-state index in [2.05, 4.69) is 29.3 Å². The number of fused-ring (bicyclic) bond motifs is 2. The third kappa shape index (κ3) is 4.55. The first-order valence-electron chi connectivity index (χ1n) is 11.5. The molecule has 4 aromatic rings. The Morgan fingerprint density at radius 3 is 2.70 bits per heavy atom. The van der Waals surface area contributed by atoms with Gasteiger partial charge in [0.1, 0.15) is 29.4 Å². The van der Waals surface area contributed by atoms with Crippen LogP contribution in [0.3, 0.4) is 0 Å². The molecule has 0 saturated carbocycles. The molecule has 0 aliphatic carbocycles. The molecule has 0 spiro atoms. The average molecular weight is 441 g/mol. The highest BCUT2D eigenvalue weighted by molar-refractivity contribution is 5.94.